The monoisotopic (exact) mass is 1220 g/mol. The maximum absolute atomic E-state index is 13.6. The summed E-state index contributed by atoms with van der Waals surface area (Å²) in [4.78, 5) is 40.2. The molecule has 9 nitrogen and oxygen atoms in total. The van der Waals surface area contributed by atoms with Gasteiger partial charge in [0.2, 0.25) is 5.91 Å². The topological polar surface area (TPSA) is 114 Å². The van der Waals surface area contributed by atoms with Crippen LogP contribution < -0.4 is 10.2 Å². The Morgan fingerprint density at radius 2 is 0.709 bits per heavy atom. The third kappa shape index (κ3) is 65.6. The number of nitrogens with zero attached hydrogens (tertiary/aromatic N) is 1. The van der Waals surface area contributed by atoms with Gasteiger partial charge >= 0.3 is 5.97 Å². The summed E-state index contributed by atoms with van der Waals surface area (Å²) in [7, 11) is 1.17. The molecular weight excluding hydrogens is 1080 g/mol. The fourth-order valence-electron chi connectivity index (χ4n) is 10.4. The maximum Gasteiger partial charge on any atom is 0.306 e. The van der Waals surface area contributed by atoms with E-state index < -0.39 is 26.6 Å². The number of amides is 1. The summed E-state index contributed by atoms with van der Waals surface area (Å²) in [5.74, 6) is -0.553. The Bertz CT molecular complexity index is 1750. The minimum Gasteiger partial charge on any atom is -0.756 e. The van der Waals surface area contributed by atoms with E-state index in [1.807, 2.05) is 33.3 Å². The number of ether oxygens (including phenoxy) is 1. The number of hydrogen-bond donors (Lipinski definition) is 1. The SMILES string of the molecule is CCCCC/C=C\C/C=C\C/C=C\C/C=C\CCCCCCCC(=O)NC(COP(=O)([O-])OCC[N+](C)(C)C)C(/C=C\CCCCCCCCCCCC)OC(=O)CCCCCCCCCCCCCCCCCCC/C=C\C/C=C\CCCCC. The van der Waals surface area contributed by atoms with E-state index >= 15 is 0 Å². The lowest BCUT2D eigenvalue weighted by molar-refractivity contribution is -0.870. The van der Waals surface area contributed by atoms with E-state index in [0.717, 1.165) is 96.3 Å². The van der Waals surface area contributed by atoms with Crippen LogP contribution in [0.2, 0.25) is 0 Å². The number of rotatable bonds is 66. The molecule has 10 heteroatoms. The predicted octanol–water partition coefficient (Wildman–Crippen LogP) is 22.7. The Morgan fingerprint density at radius 3 is 1.08 bits per heavy atom. The van der Waals surface area contributed by atoms with Crippen LogP contribution in [0.4, 0.5) is 0 Å². The van der Waals surface area contributed by atoms with Crippen LogP contribution in [0.1, 0.15) is 335 Å². The molecule has 500 valence electrons. The van der Waals surface area contributed by atoms with Gasteiger partial charge in [0.15, 0.2) is 0 Å². The van der Waals surface area contributed by atoms with Crippen molar-refractivity contribution in [3.8, 4) is 0 Å². The molecule has 1 N–H and O–H groups in total. The molecule has 0 aromatic heterocycles. The molecule has 86 heavy (non-hydrogen) atoms. The first-order valence-corrected chi connectivity index (χ1v) is 37.9. The minimum atomic E-state index is -4.71. The van der Waals surface area contributed by atoms with Gasteiger partial charge in [-0.05, 0) is 109 Å². The van der Waals surface area contributed by atoms with Crippen molar-refractivity contribution in [2.24, 2.45) is 0 Å². The molecule has 0 radical (unpaired) electrons. The minimum absolute atomic E-state index is 0.0282. The van der Waals surface area contributed by atoms with Crippen molar-refractivity contribution in [1.29, 1.82) is 0 Å². The summed E-state index contributed by atoms with van der Waals surface area (Å²) < 4.78 is 30.4. The van der Waals surface area contributed by atoms with Crippen LogP contribution in [0.15, 0.2) is 85.1 Å². The zero-order valence-electron chi connectivity index (χ0n) is 57.3. The second kappa shape index (κ2) is 65.2. The van der Waals surface area contributed by atoms with Crippen molar-refractivity contribution >= 4 is 19.7 Å². The number of phosphoric ester groups is 1. The number of carbonyl (C=O) groups is 2. The lowest BCUT2D eigenvalue weighted by Crippen LogP contribution is -2.47. The molecule has 0 spiro atoms. The number of quaternary nitrogens is 1. The van der Waals surface area contributed by atoms with Crippen LogP contribution in [0.5, 0.6) is 0 Å². The molecule has 0 saturated carbocycles. The molecule has 3 atom stereocenters. The van der Waals surface area contributed by atoms with Gasteiger partial charge in [0.05, 0.1) is 33.8 Å². The number of allylic oxidation sites excluding steroid dienone is 13. The highest BCUT2D eigenvalue weighted by atomic mass is 31.2. The highest BCUT2D eigenvalue weighted by Crippen LogP contribution is 2.38. The van der Waals surface area contributed by atoms with Gasteiger partial charge in [-0.3, -0.25) is 14.2 Å². The third-order valence-corrected chi connectivity index (χ3v) is 17.0. The quantitative estimate of drug-likeness (QED) is 0.0212. The van der Waals surface area contributed by atoms with Gasteiger partial charge in [0.1, 0.15) is 19.3 Å². The Hall–Kier alpha value is -2.81. The summed E-state index contributed by atoms with van der Waals surface area (Å²) in [6, 6.07) is -0.902. The van der Waals surface area contributed by atoms with Crippen LogP contribution in [0.25, 0.3) is 0 Å². The first-order chi connectivity index (χ1) is 41.9. The highest BCUT2D eigenvalue weighted by Gasteiger charge is 2.27. The maximum atomic E-state index is 13.6. The zero-order valence-corrected chi connectivity index (χ0v) is 58.2. The summed E-state index contributed by atoms with van der Waals surface area (Å²) in [6.07, 6.45) is 87.1. The molecular formula is C76H139N2O7P. The number of nitrogens with one attached hydrogen (secondary N) is 1. The molecule has 0 saturated heterocycles. The Kier molecular flexibility index (Phi) is 63.0. The molecule has 0 aromatic rings. The van der Waals surface area contributed by atoms with Gasteiger partial charge in [0.25, 0.3) is 7.82 Å². The second-order valence-electron chi connectivity index (χ2n) is 25.7. The lowest BCUT2D eigenvalue weighted by Gasteiger charge is -2.30. The normalized spacial score (nSPS) is 14.0. The Labute approximate surface area is 533 Å². The van der Waals surface area contributed by atoms with Crippen molar-refractivity contribution in [3.05, 3.63) is 85.1 Å². The molecule has 0 fully saturated rings. The molecule has 0 rings (SSSR count). The molecule has 1 amide bonds. The fraction of sp³-hybridized carbons (Fsp3) is 0.789. The van der Waals surface area contributed by atoms with Gasteiger partial charge in [-0.25, -0.2) is 0 Å². The first-order valence-electron chi connectivity index (χ1n) is 36.4. The van der Waals surface area contributed by atoms with Gasteiger partial charge < -0.3 is 28.5 Å². The molecule has 0 bridgehead atoms. The van der Waals surface area contributed by atoms with E-state index in [1.165, 1.54) is 199 Å². The van der Waals surface area contributed by atoms with E-state index in [0.29, 0.717) is 23.9 Å². The van der Waals surface area contributed by atoms with Crippen molar-refractivity contribution in [2.75, 3.05) is 40.9 Å². The van der Waals surface area contributed by atoms with Crippen molar-refractivity contribution < 1.29 is 37.3 Å². The van der Waals surface area contributed by atoms with E-state index in [1.54, 1.807) is 0 Å². The van der Waals surface area contributed by atoms with E-state index in [2.05, 4.69) is 99.0 Å². The number of carbonyl (C=O) groups excluding carboxylic acids is 2. The molecule has 0 aliphatic carbocycles. The van der Waals surface area contributed by atoms with E-state index in [9.17, 15) is 19.0 Å². The number of likely N-dealkylation sites (N-methyl/N-ethyl adjacent to an activating group) is 1. The molecule has 3 unspecified atom stereocenters. The van der Waals surface area contributed by atoms with E-state index in [4.69, 9.17) is 13.8 Å². The summed E-state index contributed by atoms with van der Waals surface area (Å²) in [5.41, 5.74) is 0. The van der Waals surface area contributed by atoms with Gasteiger partial charge in [-0.15, -0.1) is 0 Å². The van der Waals surface area contributed by atoms with Crippen LogP contribution in [-0.4, -0.2) is 69.4 Å². The van der Waals surface area contributed by atoms with E-state index in [-0.39, 0.29) is 24.9 Å². The van der Waals surface area contributed by atoms with Gasteiger partial charge in [-0.2, -0.15) is 0 Å². The molecule has 0 aliphatic heterocycles. The zero-order chi connectivity index (χ0) is 62.8. The van der Waals surface area contributed by atoms with Crippen molar-refractivity contribution in [2.45, 2.75) is 348 Å². The second-order valence-corrected chi connectivity index (χ2v) is 27.1. The number of hydrogen-bond acceptors (Lipinski definition) is 7. The smallest absolute Gasteiger partial charge is 0.306 e. The van der Waals surface area contributed by atoms with Crippen LogP contribution >= 0.6 is 7.82 Å². The van der Waals surface area contributed by atoms with Crippen LogP contribution in [0, 0.1) is 0 Å². The highest BCUT2D eigenvalue weighted by molar-refractivity contribution is 7.45. The van der Waals surface area contributed by atoms with Gasteiger partial charge in [-0.1, -0.05) is 299 Å². The average molecular weight is 1220 g/mol. The summed E-state index contributed by atoms with van der Waals surface area (Å²) in [6.45, 7) is 6.81. The fourth-order valence-corrected chi connectivity index (χ4v) is 11.1. The standard InChI is InChI=1S/C76H139N2O7P/c1-7-10-13-16-19-22-25-28-30-32-34-36-37-38-39-40-41-43-45-47-49-51-54-57-60-63-66-69-76(80)85-74(67-64-61-58-55-52-27-24-21-18-15-12-9-3)73(72-84-86(81,82)83-71-70-78(4,5)6)77-75(79)68-65-62-59-56-53-50-48-46-44-42-35-33-31-29-26-23-20-17-14-11-8-2/h19-20,22-23,28-31,35,42,46,48,64,67,73-74H,7-18,21,24-27,32-34,36-41,43-45,47,49-63,65-66,68-72H2,1-6H3,(H-,77,79,81,82)/b22-19-,23-20-,30-28-,31-29-,42-35-,48-46-,67-64-. The Balaban J connectivity index is 5.04. The third-order valence-electron chi connectivity index (χ3n) is 16.0. The number of phosphoric acid groups is 1. The first kappa shape index (κ1) is 83.2. The molecule has 0 aromatic carbocycles. The number of unbranched alkanes of at least 4 members (excludes halogenated alkanes) is 38. The van der Waals surface area contributed by atoms with Crippen LogP contribution in [-0.2, 0) is 27.9 Å². The summed E-state index contributed by atoms with van der Waals surface area (Å²) >= 11 is 0. The predicted molar refractivity (Wildman–Crippen MR) is 371 cm³/mol. The average Bonchev–Trinajstić information content (AvgIpc) is 3.66. The lowest BCUT2D eigenvalue weighted by atomic mass is 10.0. The Morgan fingerprint density at radius 1 is 0.407 bits per heavy atom. The van der Waals surface area contributed by atoms with Gasteiger partial charge in [0, 0.05) is 12.8 Å². The molecule has 0 heterocycles. The largest absolute Gasteiger partial charge is 0.756 e. The van der Waals surface area contributed by atoms with Crippen molar-refractivity contribution in [1.82, 2.24) is 5.32 Å². The van der Waals surface area contributed by atoms with Crippen LogP contribution in [0.3, 0.4) is 0 Å². The van der Waals surface area contributed by atoms with Crippen molar-refractivity contribution in [3.63, 3.8) is 0 Å². The number of esters is 1. The molecule has 0 aliphatic rings. The summed E-state index contributed by atoms with van der Waals surface area (Å²) in [5, 5.41) is 3.03.